The van der Waals surface area contributed by atoms with Gasteiger partial charge in [-0.15, -0.1) is 11.1 Å². The van der Waals surface area contributed by atoms with Crippen molar-refractivity contribution in [3.8, 4) is 0 Å². The zero-order chi connectivity index (χ0) is 5.70. The van der Waals surface area contributed by atoms with Crippen LogP contribution in [0.5, 0.6) is 0 Å². The van der Waals surface area contributed by atoms with Crippen molar-refractivity contribution in [2.45, 2.75) is 19.9 Å². The van der Waals surface area contributed by atoms with Crippen LogP contribution in [0.25, 0.3) is 0 Å². The Labute approximate surface area is 51.1 Å². The van der Waals surface area contributed by atoms with E-state index in [9.17, 15) is 0 Å². The Morgan fingerprint density at radius 1 is 1.57 bits per heavy atom. The van der Waals surface area contributed by atoms with Crippen molar-refractivity contribution in [1.82, 2.24) is 0 Å². The predicted octanol–water partition coefficient (Wildman–Crippen LogP) is 1.50. The number of hydrogen-bond donors (Lipinski definition) is 0. The summed E-state index contributed by atoms with van der Waals surface area (Å²) in [6.45, 7) is 4.80. The molecule has 0 radical (unpaired) electrons. The molecular weight excluding hydrogens is 128 g/mol. The first-order valence-corrected chi connectivity index (χ1v) is 5.60. The van der Waals surface area contributed by atoms with Crippen molar-refractivity contribution in [3.05, 3.63) is 0 Å². The van der Waals surface area contributed by atoms with Gasteiger partial charge in [0, 0.05) is 6.61 Å². The smallest absolute Gasteiger partial charge is 0.273 e. The highest BCUT2D eigenvalue weighted by Crippen LogP contribution is 1.96. The molecule has 0 aromatic rings. The average molecular weight is 139 g/mol. The summed E-state index contributed by atoms with van der Waals surface area (Å²) in [5.74, 6) is 0. The van der Waals surface area contributed by atoms with E-state index in [-0.39, 0.29) is 0 Å². The first kappa shape index (κ1) is 7.47. The maximum absolute atomic E-state index is 5.68. The molecule has 0 saturated carbocycles. The van der Waals surface area contributed by atoms with Crippen molar-refractivity contribution < 1.29 is 4.43 Å². The fourth-order valence-electron chi connectivity index (χ4n) is 0.299. The van der Waals surface area contributed by atoms with E-state index < -0.39 is 8.35 Å². The molecule has 1 unspecified atom stereocenters. The van der Waals surface area contributed by atoms with E-state index in [4.69, 9.17) is 15.5 Å². The summed E-state index contributed by atoms with van der Waals surface area (Å²) in [6, 6.07) is 1.02. The van der Waals surface area contributed by atoms with Crippen LogP contribution in [-0.4, -0.2) is 15.0 Å². The van der Waals surface area contributed by atoms with Gasteiger partial charge in [-0.05, 0) is 13.0 Å². The standard InChI is InChI=1S/C4H11ClOSi/c1-3-6-7(5)4-2/h7H,3-4H2,1-2H3. The van der Waals surface area contributed by atoms with Gasteiger partial charge in [-0.25, -0.2) is 0 Å². The molecule has 0 heterocycles. The topological polar surface area (TPSA) is 9.23 Å². The Kier molecular flexibility index (Phi) is 4.93. The van der Waals surface area contributed by atoms with Gasteiger partial charge in [0.2, 0.25) is 0 Å². The average Bonchev–Trinajstić information content (AvgIpc) is 1.68. The normalized spacial score (nSPS) is 14.1. The fourth-order valence-corrected chi connectivity index (χ4v) is 1.27. The van der Waals surface area contributed by atoms with Crippen LogP contribution in [0.1, 0.15) is 13.8 Å². The van der Waals surface area contributed by atoms with E-state index in [0.717, 1.165) is 12.7 Å². The third-order valence-corrected chi connectivity index (χ3v) is 3.31. The van der Waals surface area contributed by atoms with Crippen LogP contribution in [0.3, 0.4) is 0 Å². The zero-order valence-electron chi connectivity index (χ0n) is 4.78. The molecule has 0 spiro atoms. The number of halogens is 1. The second-order valence-corrected chi connectivity index (χ2v) is 4.70. The molecule has 0 saturated heterocycles. The Morgan fingerprint density at radius 3 is 2.29 bits per heavy atom. The molecule has 0 fully saturated rings. The molecule has 0 aliphatic heterocycles. The minimum atomic E-state index is -1.21. The molecule has 0 amide bonds. The van der Waals surface area contributed by atoms with Crippen LogP contribution in [-0.2, 0) is 4.43 Å². The lowest BCUT2D eigenvalue weighted by atomic mass is 10.9. The molecule has 0 aromatic carbocycles. The third-order valence-electron chi connectivity index (χ3n) is 0.668. The summed E-state index contributed by atoms with van der Waals surface area (Å²) >= 11 is 5.68. The maximum atomic E-state index is 5.68. The predicted molar refractivity (Wildman–Crippen MR) is 35.1 cm³/mol. The molecule has 0 aliphatic carbocycles. The van der Waals surface area contributed by atoms with Crippen molar-refractivity contribution in [2.75, 3.05) is 6.61 Å². The van der Waals surface area contributed by atoms with E-state index in [1.54, 1.807) is 0 Å². The van der Waals surface area contributed by atoms with Crippen LogP contribution in [0, 0.1) is 0 Å². The lowest BCUT2D eigenvalue weighted by molar-refractivity contribution is 0.355. The second kappa shape index (κ2) is 4.62. The minimum absolute atomic E-state index is 0.772. The number of rotatable bonds is 3. The highest BCUT2D eigenvalue weighted by molar-refractivity contribution is 7.03. The van der Waals surface area contributed by atoms with Crippen molar-refractivity contribution in [3.63, 3.8) is 0 Å². The molecule has 0 bridgehead atoms. The van der Waals surface area contributed by atoms with Crippen LogP contribution in [0.4, 0.5) is 0 Å². The molecule has 1 nitrogen and oxygen atoms in total. The van der Waals surface area contributed by atoms with Gasteiger partial charge in [-0.3, -0.25) is 0 Å². The summed E-state index contributed by atoms with van der Waals surface area (Å²) in [6.07, 6.45) is 0. The Bertz CT molecular complexity index is 42.7. The molecule has 7 heavy (non-hydrogen) atoms. The molecule has 3 heteroatoms. The number of hydrogen-bond acceptors (Lipinski definition) is 1. The maximum Gasteiger partial charge on any atom is 0.273 e. The van der Waals surface area contributed by atoms with Gasteiger partial charge in [-0.2, -0.15) is 0 Å². The second-order valence-electron chi connectivity index (χ2n) is 1.27. The molecule has 0 aromatic heterocycles. The fraction of sp³-hybridized carbons (Fsp3) is 1.00. The van der Waals surface area contributed by atoms with E-state index in [1.807, 2.05) is 6.92 Å². The summed E-state index contributed by atoms with van der Waals surface area (Å²) in [5.41, 5.74) is 0. The van der Waals surface area contributed by atoms with E-state index >= 15 is 0 Å². The first-order valence-electron chi connectivity index (χ1n) is 2.57. The summed E-state index contributed by atoms with van der Waals surface area (Å²) in [7, 11) is -1.21. The van der Waals surface area contributed by atoms with E-state index in [2.05, 4.69) is 6.92 Å². The lowest BCUT2D eigenvalue weighted by Crippen LogP contribution is -2.07. The van der Waals surface area contributed by atoms with Gasteiger partial charge >= 0.3 is 0 Å². The van der Waals surface area contributed by atoms with Crippen LogP contribution in [0.15, 0.2) is 0 Å². The third kappa shape index (κ3) is 4.32. The Hall–Kier alpha value is 0.467. The van der Waals surface area contributed by atoms with Gasteiger partial charge in [0.25, 0.3) is 8.35 Å². The van der Waals surface area contributed by atoms with Gasteiger partial charge in [0.1, 0.15) is 0 Å². The van der Waals surface area contributed by atoms with Crippen LogP contribution >= 0.6 is 11.1 Å². The molecule has 44 valence electrons. The Balaban J connectivity index is 2.83. The van der Waals surface area contributed by atoms with E-state index in [0.29, 0.717) is 0 Å². The monoisotopic (exact) mass is 138 g/mol. The summed E-state index contributed by atoms with van der Waals surface area (Å²) < 4.78 is 5.10. The SMILES string of the molecule is CCO[SiH](Cl)CC. The van der Waals surface area contributed by atoms with Crippen molar-refractivity contribution >= 4 is 19.4 Å². The molecule has 0 aliphatic rings. The van der Waals surface area contributed by atoms with Gasteiger partial charge in [0.15, 0.2) is 0 Å². The molecule has 0 rings (SSSR count). The largest absolute Gasteiger partial charge is 0.406 e. The molecule has 0 N–H and O–H groups in total. The minimum Gasteiger partial charge on any atom is -0.406 e. The highest BCUT2D eigenvalue weighted by Gasteiger charge is 1.99. The van der Waals surface area contributed by atoms with Crippen molar-refractivity contribution in [2.24, 2.45) is 0 Å². The summed E-state index contributed by atoms with van der Waals surface area (Å²) in [4.78, 5) is 0. The molecule has 1 atom stereocenters. The van der Waals surface area contributed by atoms with Gasteiger partial charge < -0.3 is 4.43 Å². The summed E-state index contributed by atoms with van der Waals surface area (Å²) in [5, 5.41) is 0. The zero-order valence-corrected chi connectivity index (χ0v) is 6.69. The van der Waals surface area contributed by atoms with Gasteiger partial charge in [0.05, 0.1) is 0 Å². The van der Waals surface area contributed by atoms with Crippen LogP contribution in [0.2, 0.25) is 6.04 Å². The van der Waals surface area contributed by atoms with Crippen molar-refractivity contribution in [1.29, 1.82) is 0 Å². The Morgan fingerprint density at radius 2 is 2.14 bits per heavy atom. The van der Waals surface area contributed by atoms with Gasteiger partial charge in [-0.1, -0.05) is 6.92 Å². The lowest BCUT2D eigenvalue weighted by Gasteiger charge is -2.00. The highest BCUT2D eigenvalue weighted by atomic mass is 35.6. The van der Waals surface area contributed by atoms with E-state index in [1.165, 1.54) is 0 Å². The quantitative estimate of drug-likeness (QED) is 0.424. The molecular formula is C4H11ClOSi. The first-order chi connectivity index (χ1) is 3.31. The van der Waals surface area contributed by atoms with Crippen LogP contribution < -0.4 is 0 Å².